The van der Waals surface area contributed by atoms with E-state index in [1.165, 1.54) is 18.2 Å². The molecule has 1 heteroatoms. The van der Waals surface area contributed by atoms with Crippen molar-refractivity contribution in [2.24, 2.45) is 0 Å². The Bertz CT molecular complexity index is 4020. The van der Waals surface area contributed by atoms with Crippen LogP contribution < -0.4 is 0 Å². The lowest BCUT2D eigenvalue weighted by Gasteiger charge is -2.18. The minimum Gasteiger partial charge on any atom is -0.455 e. The van der Waals surface area contributed by atoms with Crippen molar-refractivity contribution in [3.63, 3.8) is 0 Å². The molecule has 0 radical (unpaired) electrons. The zero-order valence-electron chi connectivity index (χ0n) is 47.0. The fourth-order valence-electron chi connectivity index (χ4n) is 6.45. The first-order valence-corrected chi connectivity index (χ1v) is 15.1. The van der Waals surface area contributed by atoms with Gasteiger partial charge in [0.2, 0.25) is 0 Å². The standard InChI is InChI=1S/C48H30O/c1-3-14-31(15-4-1)34-27-29-43-44(30-34)49-48(42-25-13-24-36-35-19-8-7-16-32(35)26-28-37(36)42)47(43)46-40-22-11-9-20-38(40)45(33-17-5-2-6-18-33)39-21-10-12-23-41(39)46/h1-30H/i1D,3D,4D,7D,8D,9D,10D,11D,12D,13D,14D,15D,16D,19D,20D,21D,22D,23D,24D,25D,26D,28D. The van der Waals surface area contributed by atoms with E-state index in [1.807, 2.05) is 0 Å². The lowest BCUT2D eigenvalue weighted by Crippen LogP contribution is -1.92. The molecule has 0 atom stereocenters. The van der Waals surface area contributed by atoms with Crippen LogP contribution >= 0.6 is 0 Å². The van der Waals surface area contributed by atoms with Crippen molar-refractivity contribution >= 4 is 54.1 Å². The molecule has 0 aliphatic heterocycles. The van der Waals surface area contributed by atoms with E-state index >= 15 is 0 Å². The first-order chi connectivity index (χ1) is 33.5. The van der Waals surface area contributed by atoms with Crippen LogP contribution in [0.3, 0.4) is 0 Å². The third kappa shape index (κ3) is 4.33. The van der Waals surface area contributed by atoms with Crippen LogP contribution in [-0.2, 0) is 0 Å². The Balaban J connectivity index is 1.54. The monoisotopic (exact) mass is 644 g/mol. The summed E-state index contributed by atoms with van der Waals surface area (Å²) in [7, 11) is 0. The van der Waals surface area contributed by atoms with E-state index in [2.05, 4.69) is 0 Å². The van der Waals surface area contributed by atoms with Gasteiger partial charge < -0.3 is 4.42 Å². The Morgan fingerprint density at radius 3 is 1.73 bits per heavy atom. The van der Waals surface area contributed by atoms with Gasteiger partial charge in [0.05, 0.1) is 30.2 Å². The van der Waals surface area contributed by atoms with Crippen LogP contribution in [0.15, 0.2) is 186 Å². The first-order valence-electron chi connectivity index (χ1n) is 26.1. The van der Waals surface area contributed by atoms with Crippen molar-refractivity contribution in [3.05, 3.63) is 181 Å². The molecular weight excluding hydrogens is 593 g/mol. The topological polar surface area (TPSA) is 13.1 Å². The molecule has 1 aromatic heterocycles. The summed E-state index contributed by atoms with van der Waals surface area (Å²) in [4.78, 5) is 0. The number of hydrogen-bond donors (Lipinski definition) is 0. The van der Waals surface area contributed by atoms with Crippen LogP contribution in [-0.4, -0.2) is 0 Å². The zero-order chi connectivity index (χ0) is 51.5. The summed E-state index contributed by atoms with van der Waals surface area (Å²) in [6.45, 7) is 0. The molecule has 0 spiro atoms. The van der Waals surface area contributed by atoms with Gasteiger partial charge in [-0.1, -0.05) is 169 Å². The third-order valence-electron chi connectivity index (χ3n) is 8.52. The van der Waals surface area contributed by atoms with E-state index in [0.29, 0.717) is 5.56 Å². The van der Waals surface area contributed by atoms with Crippen LogP contribution in [0, 0.1) is 0 Å². The van der Waals surface area contributed by atoms with E-state index in [1.54, 1.807) is 30.3 Å². The average molecular weight is 645 g/mol. The van der Waals surface area contributed by atoms with Gasteiger partial charge >= 0.3 is 0 Å². The van der Waals surface area contributed by atoms with Gasteiger partial charge in [-0.25, -0.2) is 0 Å². The van der Waals surface area contributed by atoms with Crippen LogP contribution in [0.1, 0.15) is 30.2 Å². The quantitative estimate of drug-likeness (QED) is 0.137. The highest BCUT2D eigenvalue weighted by Crippen LogP contribution is 2.51. The fraction of sp³-hybridized carbons (Fsp3) is 0. The lowest BCUT2D eigenvalue weighted by molar-refractivity contribution is 0.633. The number of fused-ring (bicyclic) bond motifs is 6. The molecule has 0 saturated carbocycles. The second-order valence-electron chi connectivity index (χ2n) is 11.1. The summed E-state index contributed by atoms with van der Waals surface area (Å²) < 4.78 is 204. The molecule has 9 aromatic carbocycles. The highest BCUT2D eigenvalue weighted by molar-refractivity contribution is 6.25. The summed E-state index contributed by atoms with van der Waals surface area (Å²) in [6.07, 6.45) is 0. The normalized spacial score (nSPS) is 18.0. The molecule has 10 aromatic rings. The van der Waals surface area contributed by atoms with Gasteiger partial charge in [0.15, 0.2) is 0 Å². The molecule has 49 heavy (non-hydrogen) atoms. The SMILES string of the molecule is [2H]c1c([2H])c([2H])c(-c2ccc3c(-c4c5c([2H])c([2H])c([2H])c([2H])c5c(-c5ccccc5)c5c([2H])c([2H])c([2H])c([2H])c45)c(-c4c([2H])c([2H])c([2H])c5c4c([2H])c([2H])c4c([2H])c([2H])c([2H])c([2H])c45)oc3c2)c([2H])c1[2H]. The molecule has 1 nitrogen and oxygen atoms in total. The largest absolute Gasteiger partial charge is 0.455 e. The van der Waals surface area contributed by atoms with Crippen molar-refractivity contribution in [3.8, 4) is 44.7 Å². The van der Waals surface area contributed by atoms with Crippen LogP contribution in [0.5, 0.6) is 0 Å². The fourth-order valence-corrected chi connectivity index (χ4v) is 6.45. The molecular formula is C48H30O. The van der Waals surface area contributed by atoms with Crippen LogP contribution in [0.4, 0.5) is 0 Å². The number of benzene rings is 9. The minimum atomic E-state index is -0.845. The van der Waals surface area contributed by atoms with Gasteiger partial charge in [-0.05, 0) is 77.5 Å². The van der Waals surface area contributed by atoms with Crippen LogP contribution in [0.2, 0.25) is 0 Å². The van der Waals surface area contributed by atoms with Crippen molar-refractivity contribution in [1.82, 2.24) is 0 Å². The van der Waals surface area contributed by atoms with Gasteiger partial charge in [-0.2, -0.15) is 0 Å². The molecule has 10 rings (SSSR count). The molecule has 0 unspecified atom stereocenters. The highest BCUT2D eigenvalue weighted by atomic mass is 16.3. The van der Waals surface area contributed by atoms with Crippen LogP contribution in [0.25, 0.3) is 98.8 Å². The smallest absolute Gasteiger partial charge is 0.143 e. The molecule has 0 aliphatic rings. The van der Waals surface area contributed by atoms with E-state index in [-0.39, 0.29) is 60.3 Å². The lowest BCUT2D eigenvalue weighted by atomic mass is 9.84. The predicted molar refractivity (Wildman–Crippen MR) is 208 cm³/mol. The minimum absolute atomic E-state index is 0.00250. The van der Waals surface area contributed by atoms with Gasteiger partial charge in [-0.3, -0.25) is 0 Å². The molecule has 0 bridgehead atoms. The number of hydrogen-bond acceptors (Lipinski definition) is 1. The number of rotatable bonds is 4. The summed E-state index contributed by atoms with van der Waals surface area (Å²) in [5, 5.41) is -2.88. The molecule has 0 N–H and O–H groups in total. The predicted octanol–water partition coefficient (Wildman–Crippen LogP) is 13.7. The Hall–Kier alpha value is -6.44. The van der Waals surface area contributed by atoms with Gasteiger partial charge in [0, 0.05) is 22.1 Å². The van der Waals surface area contributed by atoms with E-state index in [4.69, 9.17) is 22.2 Å². The highest BCUT2D eigenvalue weighted by Gasteiger charge is 2.25. The second kappa shape index (κ2) is 11.1. The van der Waals surface area contributed by atoms with E-state index < -0.39 is 166 Å². The van der Waals surface area contributed by atoms with Gasteiger partial charge in [0.25, 0.3) is 0 Å². The second-order valence-corrected chi connectivity index (χ2v) is 11.1. The maximum absolute atomic E-state index is 9.60. The van der Waals surface area contributed by atoms with Crippen molar-refractivity contribution < 1.29 is 34.6 Å². The molecule has 0 fully saturated rings. The zero-order valence-corrected chi connectivity index (χ0v) is 25.0. The maximum atomic E-state index is 9.60. The molecule has 0 aliphatic carbocycles. The molecule has 0 amide bonds. The average Bonchev–Trinajstić information content (AvgIpc) is 3.73. The summed E-state index contributed by atoms with van der Waals surface area (Å²) in [6, 6.07) is -3.48. The van der Waals surface area contributed by atoms with Crippen molar-refractivity contribution in [1.29, 1.82) is 0 Å². The Kier molecular flexibility index (Phi) is 3.07. The summed E-state index contributed by atoms with van der Waals surface area (Å²) in [5.74, 6) is -0.523. The molecule has 1 heterocycles. The third-order valence-corrected chi connectivity index (χ3v) is 8.52. The summed E-state index contributed by atoms with van der Waals surface area (Å²) >= 11 is 0. The van der Waals surface area contributed by atoms with Gasteiger partial charge in [0.1, 0.15) is 11.3 Å². The Morgan fingerprint density at radius 1 is 0.367 bits per heavy atom. The number of furan rings is 1. The van der Waals surface area contributed by atoms with E-state index in [0.717, 1.165) is 0 Å². The summed E-state index contributed by atoms with van der Waals surface area (Å²) in [5.41, 5.74) is -1.29. The Morgan fingerprint density at radius 2 is 1.00 bits per heavy atom. The molecule has 228 valence electrons. The van der Waals surface area contributed by atoms with Gasteiger partial charge in [-0.15, -0.1) is 0 Å². The maximum Gasteiger partial charge on any atom is 0.143 e. The van der Waals surface area contributed by atoms with E-state index in [9.17, 15) is 12.3 Å². The first kappa shape index (κ1) is 13.6. The van der Waals surface area contributed by atoms with Crippen molar-refractivity contribution in [2.75, 3.05) is 0 Å². The Labute approximate surface area is 315 Å². The molecule has 0 saturated heterocycles. The van der Waals surface area contributed by atoms with Crippen molar-refractivity contribution in [2.45, 2.75) is 0 Å².